The topological polar surface area (TPSA) is 62.5 Å². The summed E-state index contributed by atoms with van der Waals surface area (Å²) in [7, 11) is 0. The minimum Gasteiger partial charge on any atom is -0.441 e. The predicted molar refractivity (Wildman–Crippen MR) is 93.6 cm³/mol. The molecule has 3 aromatic rings. The van der Waals surface area contributed by atoms with Crippen LogP contribution in [-0.4, -0.2) is 47.0 Å². The van der Waals surface area contributed by atoms with Gasteiger partial charge in [-0.25, -0.2) is 9.97 Å². The summed E-state index contributed by atoms with van der Waals surface area (Å²) in [5.41, 5.74) is 1.94. The number of thiazole rings is 1. The van der Waals surface area contributed by atoms with Crippen molar-refractivity contribution >= 4 is 33.5 Å². The molecule has 0 radical (unpaired) electrons. The van der Waals surface area contributed by atoms with Gasteiger partial charge in [0.25, 0.3) is 5.91 Å². The van der Waals surface area contributed by atoms with Gasteiger partial charge in [0.2, 0.25) is 0 Å². The Hall–Kier alpha value is -2.41. The highest BCUT2D eigenvalue weighted by Gasteiger charge is 2.23. The van der Waals surface area contributed by atoms with E-state index in [1.54, 1.807) is 18.3 Å². The number of fused-ring (bicyclic) bond motifs is 1. The van der Waals surface area contributed by atoms with Crippen molar-refractivity contribution in [1.29, 1.82) is 0 Å². The number of benzene rings is 1. The number of hydrogen-bond acceptors (Lipinski definition) is 6. The molecule has 7 heteroatoms. The van der Waals surface area contributed by atoms with E-state index in [0.29, 0.717) is 29.1 Å². The molecule has 1 aliphatic rings. The molecule has 6 nitrogen and oxygen atoms in total. The Labute approximate surface area is 143 Å². The van der Waals surface area contributed by atoms with E-state index in [1.807, 2.05) is 34.7 Å². The molecule has 0 aliphatic carbocycles. The Kier molecular flexibility index (Phi) is 3.93. The minimum atomic E-state index is 0.0230. The third-order valence-electron chi connectivity index (χ3n) is 4.23. The molecule has 3 heterocycles. The molecular formula is C17H18N4O2S. The van der Waals surface area contributed by atoms with Gasteiger partial charge in [-0.3, -0.25) is 4.79 Å². The Bertz CT molecular complexity index is 859. The predicted octanol–water partition coefficient (Wildman–Crippen LogP) is 2.95. The number of para-hydroxylation sites is 1. The first-order valence-corrected chi connectivity index (χ1v) is 8.90. The summed E-state index contributed by atoms with van der Waals surface area (Å²) >= 11 is 1.64. The van der Waals surface area contributed by atoms with Gasteiger partial charge in [0.15, 0.2) is 16.6 Å². The Morgan fingerprint density at radius 2 is 2.17 bits per heavy atom. The lowest BCUT2D eigenvalue weighted by molar-refractivity contribution is 0.0769. The van der Waals surface area contributed by atoms with E-state index in [-0.39, 0.29) is 5.91 Å². The van der Waals surface area contributed by atoms with Gasteiger partial charge in [0, 0.05) is 44.7 Å². The molecule has 2 aromatic heterocycles. The van der Waals surface area contributed by atoms with Crippen LogP contribution in [-0.2, 0) is 0 Å². The van der Waals surface area contributed by atoms with Crippen molar-refractivity contribution < 1.29 is 9.21 Å². The number of hydrogen-bond donors (Lipinski definition) is 0. The minimum absolute atomic E-state index is 0.0230. The molecule has 1 saturated heterocycles. The summed E-state index contributed by atoms with van der Waals surface area (Å²) in [6.45, 7) is 4.95. The number of aryl methyl sites for hydroxylation is 1. The van der Waals surface area contributed by atoms with Crippen LogP contribution < -0.4 is 4.90 Å². The molecule has 0 spiro atoms. The summed E-state index contributed by atoms with van der Waals surface area (Å²) in [6.07, 6.45) is 2.75. The maximum atomic E-state index is 13.0. The van der Waals surface area contributed by atoms with Gasteiger partial charge >= 0.3 is 0 Å². The quantitative estimate of drug-likeness (QED) is 0.716. The zero-order valence-electron chi connectivity index (χ0n) is 13.4. The second-order valence-corrected chi connectivity index (χ2v) is 6.71. The SMILES string of the molecule is Cc1nc2c(C(=O)N3CCCN(c4nccs4)CC3)cccc2o1. The number of amides is 1. The molecule has 1 amide bonds. The van der Waals surface area contributed by atoms with Gasteiger partial charge in [-0.15, -0.1) is 11.3 Å². The Balaban J connectivity index is 1.56. The van der Waals surface area contributed by atoms with E-state index in [1.165, 1.54) is 0 Å². The van der Waals surface area contributed by atoms with Crippen LogP contribution in [0.5, 0.6) is 0 Å². The molecule has 1 aromatic carbocycles. The number of aromatic nitrogens is 2. The number of carbonyl (C=O) groups excluding carboxylic acids is 1. The molecule has 1 fully saturated rings. The highest BCUT2D eigenvalue weighted by molar-refractivity contribution is 7.13. The van der Waals surface area contributed by atoms with Crippen molar-refractivity contribution in [2.75, 3.05) is 31.1 Å². The van der Waals surface area contributed by atoms with E-state index < -0.39 is 0 Å². The van der Waals surface area contributed by atoms with E-state index in [0.717, 1.165) is 31.2 Å². The molecule has 0 saturated carbocycles. The molecule has 0 N–H and O–H groups in total. The van der Waals surface area contributed by atoms with Gasteiger partial charge in [-0.2, -0.15) is 0 Å². The van der Waals surface area contributed by atoms with Gasteiger partial charge in [0.1, 0.15) is 5.52 Å². The molecular weight excluding hydrogens is 324 g/mol. The van der Waals surface area contributed by atoms with Crippen molar-refractivity contribution in [2.45, 2.75) is 13.3 Å². The third-order valence-corrected chi connectivity index (χ3v) is 5.06. The van der Waals surface area contributed by atoms with E-state index in [4.69, 9.17) is 4.42 Å². The van der Waals surface area contributed by atoms with Crippen LogP contribution in [0.25, 0.3) is 11.1 Å². The Morgan fingerprint density at radius 1 is 1.25 bits per heavy atom. The highest BCUT2D eigenvalue weighted by Crippen LogP contribution is 2.23. The van der Waals surface area contributed by atoms with Gasteiger partial charge in [0.05, 0.1) is 5.56 Å². The Morgan fingerprint density at radius 3 is 3.00 bits per heavy atom. The first-order valence-electron chi connectivity index (χ1n) is 8.02. The summed E-state index contributed by atoms with van der Waals surface area (Å²) in [5, 5.41) is 3.01. The lowest BCUT2D eigenvalue weighted by atomic mass is 10.1. The zero-order valence-corrected chi connectivity index (χ0v) is 14.3. The highest BCUT2D eigenvalue weighted by atomic mass is 32.1. The van der Waals surface area contributed by atoms with Crippen LogP contribution in [0, 0.1) is 6.92 Å². The molecule has 124 valence electrons. The van der Waals surface area contributed by atoms with E-state index >= 15 is 0 Å². The van der Waals surface area contributed by atoms with Gasteiger partial charge in [-0.1, -0.05) is 6.07 Å². The first-order chi connectivity index (χ1) is 11.7. The monoisotopic (exact) mass is 342 g/mol. The van der Waals surface area contributed by atoms with Crippen molar-refractivity contribution in [3.8, 4) is 0 Å². The van der Waals surface area contributed by atoms with Crippen molar-refractivity contribution in [2.24, 2.45) is 0 Å². The maximum absolute atomic E-state index is 13.0. The van der Waals surface area contributed by atoms with Gasteiger partial charge < -0.3 is 14.2 Å². The average Bonchev–Trinajstić information content (AvgIpc) is 3.17. The second-order valence-electron chi connectivity index (χ2n) is 5.83. The van der Waals surface area contributed by atoms with Crippen LogP contribution >= 0.6 is 11.3 Å². The largest absolute Gasteiger partial charge is 0.441 e. The molecule has 0 unspecified atom stereocenters. The molecule has 4 rings (SSSR count). The second kappa shape index (κ2) is 6.24. The van der Waals surface area contributed by atoms with Crippen molar-refractivity contribution in [1.82, 2.24) is 14.9 Å². The summed E-state index contributed by atoms with van der Waals surface area (Å²) in [4.78, 5) is 25.9. The number of carbonyl (C=O) groups is 1. The number of rotatable bonds is 2. The zero-order chi connectivity index (χ0) is 16.5. The fraction of sp³-hybridized carbons (Fsp3) is 0.353. The first kappa shape index (κ1) is 15.1. The maximum Gasteiger partial charge on any atom is 0.256 e. The smallest absolute Gasteiger partial charge is 0.256 e. The summed E-state index contributed by atoms with van der Waals surface area (Å²) < 4.78 is 5.54. The van der Waals surface area contributed by atoms with Crippen LogP contribution in [0.4, 0.5) is 5.13 Å². The fourth-order valence-corrected chi connectivity index (χ4v) is 3.78. The van der Waals surface area contributed by atoms with Crippen LogP contribution in [0.15, 0.2) is 34.2 Å². The van der Waals surface area contributed by atoms with Crippen LogP contribution in [0.1, 0.15) is 22.7 Å². The van der Waals surface area contributed by atoms with Crippen molar-refractivity contribution in [3.05, 3.63) is 41.2 Å². The van der Waals surface area contributed by atoms with Crippen LogP contribution in [0.2, 0.25) is 0 Å². The molecule has 0 bridgehead atoms. The molecule has 24 heavy (non-hydrogen) atoms. The lowest BCUT2D eigenvalue weighted by Crippen LogP contribution is -2.35. The standard InChI is InChI=1S/C17H18N4O2S/c1-12-19-15-13(4-2-5-14(15)23-12)16(22)20-7-3-8-21(10-9-20)17-18-6-11-24-17/h2,4-6,11H,3,7-10H2,1H3. The summed E-state index contributed by atoms with van der Waals surface area (Å²) in [6, 6.07) is 5.52. The molecule has 1 aliphatic heterocycles. The number of oxazole rings is 1. The normalized spacial score (nSPS) is 15.7. The molecule has 0 atom stereocenters. The van der Waals surface area contributed by atoms with Crippen LogP contribution in [0.3, 0.4) is 0 Å². The third kappa shape index (κ3) is 2.75. The average molecular weight is 342 g/mol. The van der Waals surface area contributed by atoms with E-state index in [9.17, 15) is 4.79 Å². The van der Waals surface area contributed by atoms with Crippen molar-refractivity contribution in [3.63, 3.8) is 0 Å². The van der Waals surface area contributed by atoms with Gasteiger partial charge in [-0.05, 0) is 18.6 Å². The number of nitrogens with zero attached hydrogens (tertiary/aromatic N) is 4. The van der Waals surface area contributed by atoms with E-state index in [2.05, 4.69) is 14.9 Å². The fourth-order valence-electron chi connectivity index (χ4n) is 3.09. The summed E-state index contributed by atoms with van der Waals surface area (Å²) in [5.74, 6) is 0.603. The lowest BCUT2D eigenvalue weighted by Gasteiger charge is -2.21. The number of anilines is 1.